The van der Waals surface area contributed by atoms with E-state index in [9.17, 15) is 18.0 Å². The van der Waals surface area contributed by atoms with E-state index in [4.69, 9.17) is 4.74 Å². The zero-order valence-electron chi connectivity index (χ0n) is 13.6. The molecule has 2 N–H and O–H groups in total. The van der Waals surface area contributed by atoms with Gasteiger partial charge in [-0.2, -0.15) is 0 Å². The Bertz CT molecular complexity index is 577. The molecule has 2 atom stereocenters. The maximum atomic E-state index is 12.3. The van der Waals surface area contributed by atoms with Crippen LogP contribution in [0.5, 0.6) is 0 Å². The lowest BCUT2D eigenvalue weighted by Crippen LogP contribution is -2.53. The van der Waals surface area contributed by atoms with Gasteiger partial charge in [0.25, 0.3) is 5.91 Å². The van der Waals surface area contributed by atoms with Crippen LogP contribution < -0.4 is 10.0 Å². The maximum Gasteiger partial charge on any atom is 0.408 e. The second kappa shape index (κ2) is 5.91. The fraction of sp³-hybridized carbons (Fsp3) is 0.714. The molecule has 2 amide bonds. The fourth-order valence-corrected chi connectivity index (χ4v) is 2.53. The molecule has 0 aromatic heterocycles. The molecule has 1 fully saturated rings. The van der Waals surface area contributed by atoms with Gasteiger partial charge >= 0.3 is 6.09 Å². The molecule has 1 aliphatic rings. The maximum absolute atomic E-state index is 12.3. The number of hydrogen-bond acceptors (Lipinski definition) is 5. The molecule has 0 aromatic rings. The van der Waals surface area contributed by atoms with Crippen LogP contribution in [0.2, 0.25) is 0 Å². The first-order chi connectivity index (χ1) is 9.84. The van der Waals surface area contributed by atoms with Crippen LogP contribution in [0.15, 0.2) is 12.7 Å². The van der Waals surface area contributed by atoms with Gasteiger partial charge in [0.05, 0.1) is 5.25 Å². The molecule has 22 heavy (non-hydrogen) atoms. The van der Waals surface area contributed by atoms with Gasteiger partial charge in [0.15, 0.2) is 0 Å². The third-order valence-electron chi connectivity index (χ3n) is 3.28. The minimum Gasteiger partial charge on any atom is -0.444 e. The van der Waals surface area contributed by atoms with Gasteiger partial charge in [0.2, 0.25) is 10.0 Å². The molecular formula is C14H24N2O5S. The van der Waals surface area contributed by atoms with Crippen molar-refractivity contribution < 1.29 is 22.7 Å². The molecule has 0 aromatic carbocycles. The highest BCUT2D eigenvalue weighted by Crippen LogP contribution is 2.44. The molecule has 126 valence electrons. The molecule has 1 rings (SSSR count). The Hall–Kier alpha value is -1.57. The zero-order valence-corrected chi connectivity index (χ0v) is 14.4. The van der Waals surface area contributed by atoms with Crippen molar-refractivity contribution in [3.63, 3.8) is 0 Å². The Labute approximate surface area is 131 Å². The van der Waals surface area contributed by atoms with Crippen molar-refractivity contribution in [2.45, 2.75) is 57.4 Å². The molecule has 7 nitrogen and oxygen atoms in total. The van der Waals surface area contributed by atoms with Crippen molar-refractivity contribution in [1.82, 2.24) is 10.0 Å². The second-order valence-corrected chi connectivity index (χ2v) is 8.91. The minimum atomic E-state index is -3.77. The van der Waals surface area contributed by atoms with E-state index in [1.165, 1.54) is 19.9 Å². The summed E-state index contributed by atoms with van der Waals surface area (Å²) in [6.07, 6.45) is 1.03. The van der Waals surface area contributed by atoms with E-state index < -0.39 is 38.4 Å². The van der Waals surface area contributed by atoms with Crippen molar-refractivity contribution in [3.05, 3.63) is 12.7 Å². The van der Waals surface area contributed by atoms with Crippen LogP contribution in [0.1, 0.15) is 41.0 Å². The number of nitrogens with one attached hydrogen (secondary N) is 2. The third-order valence-corrected chi connectivity index (χ3v) is 5.00. The molecule has 1 saturated carbocycles. The van der Waals surface area contributed by atoms with Gasteiger partial charge in [-0.05, 0) is 41.0 Å². The molecule has 0 saturated heterocycles. The predicted molar refractivity (Wildman–Crippen MR) is 82.6 cm³/mol. The predicted octanol–water partition coefficient (Wildman–Crippen LogP) is 1.31. The van der Waals surface area contributed by atoms with Crippen LogP contribution in [0, 0.1) is 5.92 Å². The van der Waals surface area contributed by atoms with Gasteiger partial charge in [-0.3, -0.25) is 9.52 Å². The first-order valence-corrected chi connectivity index (χ1v) is 8.58. The normalized spacial score (nSPS) is 24.5. The molecule has 0 unspecified atom stereocenters. The summed E-state index contributed by atoms with van der Waals surface area (Å²) in [6.45, 7) is 11.6. The zero-order chi connectivity index (χ0) is 17.3. The van der Waals surface area contributed by atoms with Gasteiger partial charge < -0.3 is 10.1 Å². The van der Waals surface area contributed by atoms with Crippen LogP contribution in [-0.4, -0.2) is 36.8 Å². The first kappa shape index (κ1) is 18.5. The summed E-state index contributed by atoms with van der Waals surface area (Å²) in [6, 6.07) is 0. The number of hydrogen-bond donors (Lipinski definition) is 2. The lowest BCUT2D eigenvalue weighted by atomic mass is 10.2. The van der Waals surface area contributed by atoms with E-state index in [0.29, 0.717) is 0 Å². The van der Waals surface area contributed by atoms with Crippen LogP contribution in [0.25, 0.3) is 0 Å². The quantitative estimate of drug-likeness (QED) is 0.739. The Kier molecular flexibility index (Phi) is 4.96. The first-order valence-electron chi connectivity index (χ1n) is 7.04. The highest BCUT2D eigenvalue weighted by Gasteiger charge is 2.61. The second-order valence-electron chi connectivity index (χ2n) is 6.67. The Balaban J connectivity index is 2.88. The van der Waals surface area contributed by atoms with Gasteiger partial charge in [-0.25, -0.2) is 13.2 Å². The van der Waals surface area contributed by atoms with Gasteiger partial charge in [0.1, 0.15) is 11.1 Å². The summed E-state index contributed by atoms with van der Waals surface area (Å²) in [5.41, 5.74) is -2.03. The summed E-state index contributed by atoms with van der Waals surface area (Å²) in [5, 5.41) is 1.72. The largest absolute Gasteiger partial charge is 0.444 e. The Morgan fingerprint density at radius 1 is 1.36 bits per heavy atom. The van der Waals surface area contributed by atoms with Crippen LogP contribution in [0.3, 0.4) is 0 Å². The summed E-state index contributed by atoms with van der Waals surface area (Å²) in [7, 11) is -3.77. The van der Waals surface area contributed by atoms with Crippen molar-refractivity contribution in [1.29, 1.82) is 0 Å². The molecule has 0 spiro atoms. The molecule has 0 bridgehead atoms. The Morgan fingerprint density at radius 2 is 1.91 bits per heavy atom. The smallest absolute Gasteiger partial charge is 0.408 e. The molecule has 0 heterocycles. The minimum absolute atomic E-state index is 0.287. The lowest BCUT2D eigenvalue weighted by molar-refractivity contribution is -0.122. The highest BCUT2D eigenvalue weighted by atomic mass is 32.2. The highest BCUT2D eigenvalue weighted by molar-refractivity contribution is 7.90. The lowest BCUT2D eigenvalue weighted by Gasteiger charge is -2.24. The van der Waals surface area contributed by atoms with E-state index in [0.717, 1.165) is 0 Å². The van der Waals surface area contributed by atoms with Crippen LogP contribution >= 0.6 is 0 Å². The van der Waals surface area contributed by atoms with E-state index in [2.05, 4.69) is 11.9 Å². The monoisotopic (exact) mass is 332 g/mol. The molecule has 0 aliphatic heterocycles. The number of alkyl carbamates (subject to hydrolysis) is 1. The number of rotatable bonds is 5. The fourth-order valence-electron chi connectivity index (χ4n) is 1.86. The summed E-state index contributed by atoms with van der Waals surface area (Å²) in [5.74, 6) is -1.10. The van der Waals surface area contributed by atoms with Crippen molar-refractivity contribution in [3.8, 4) is 0 Å². The molecule has 0 radical (unpaired) electrons. The molecular weight excluding hydrogens is 308 g/mol. The van der Waals surface area contributed by atoms with E-state index in [1.807, 2.05) is 4.72 Å². The topological polar surface area (TPSA) is 102 Å². The van der Waals surface area contributed by atoms with Crippen molar-refractivity contribution in [2.24, 2.45) is 5.92 Å². The number of carbonyl (C=O) groups is 2. The van der Waals surface area contributed by atoms with Crippen molar-refractivity contribution >= 4 is 22.0 Å². The number of carbonyl (C=O) groups excluding carboxylic acids is 2. The van der Waals surface area contributed by atoms with Crippen molar-refractivity contribution in [2.75, 3.05) is 0 Å². The number of ether oxygens (including phenoxy) is 1. The van der Waals surface area contributed by atoms with E-state index in [-0.39, 0.29) is 12.3 Å². The number of amides is 2. The average molecular weight is 332 g/mol. The summed E-state index contributed by atoms with van der Waals surface area (Å²) in [4.78, 5) is 24.2. The van der Waals surface area contributed by atoms with Crippen LogP contribution in [0.4, 0.5) is 4.79 Å². The van der Waals surface area contributed by atoms with E-state index in [1.54, 1.807) is 20.8 Å². The Morgan fingerprint density at radius 3 is 2.27 bits per heavy atom. The standard InChI is InChI=1S/C14H24N2O5S/c1-7-10-8-14(10,15-12(18)21-13(4,5)6)11(17)16-22(19,20)9(2)3/h7,9-10H,1,8H2,2-6H3,(H,15,18)(H,16,17)/t10-,14-/m1/s1. The third kappa shape index (κ3) is 4.22. The average Bonchev–Trinajstić information content (AvgIpc) is 3.00. The summed E-state index contributed by atoms with van der Waals surface area (Å²) < 4.78 is 30.8. The molecule has 1 aliphatic carbocycles. The number of sulfonamides is 1. The SMILES string of the molecule is C=C[C@@H]1C[C@]1(NC(=O)OC(C)(C)C)C(=O)NS(=O)(=O)C(C)C. The van der Waals surface area contributed by atoms with Gasteiger partial charge in [-0.15, -0.1) is 6.58 Å². The van der Waals surface area contributed by atoms with E-state index >= 15 is 0 Å². The molecule has 8 heteroatoms. The summed E-state index contributed by atoms with van der Waals surface area (Å²) >= 11 is 0. The van der Waals surface area contributed by atoms with Gasteiger partial charge in [-0.1, -0.05) is 6.08 Å². The van der Waals surface area contributed by atoms with Crippen LogP contribution in [-0.2, 0) is 19.6 Å². The van der Waals surface area contributed by atoms with Gasteiger partial charge in [0, 0.05) is 5.92 Å².